The molecule has 0 rings (SSSR count). The molecule has 4 nitrogen and oxygen atoms in total. The lowest BCUT2D eigenvalue weighted by Crippen LogP contribution is -2.31. The van der Waals surface area contributed by atoms with E-state index in [1.807, 2.05) is 6.92 Å². The second-order valence-corrected chi connectivity index (χ2v) is 4.11. The monoisotopic (exact) mass is 236 g/mol. The van der Waals surface area contributed by atoms with E-state index in [1.54, 1.807) is 13.8 Å². The number of hydrogen-bond acceptors (Lipinski definition) is 0. The number of nitrogens with zero attached hydrogens (tertiary/aromatic N) is 2. The SMILES string of the molecule is C[C]([O])[CH][C](C)[N]CC(C)[N][C](C)[CH][C](C)[O]. The zero-order valence-electron chi connectivity index (χ0n) is 11.2. The van der Waals surface area contributed by atoms with Crippen LogP contribution >= 0.6 is 0 Å². The van der Waals surface area contributed by atoms with Gasteiger partial charge in [-0.2, -0.15) is 0 Å². The van der Waals surface area contributed by atoms with Gasteiger partial charge in [-0.25, -0.2) is 20.8 Å². The van der Waals surface area contributed by atoms with Crippen LogP contribution in [-0.4, -0.2) is 12.6 Å². The molecule has 0 saturated heterocycles. The van der Waals surface area contributed by atoms with E-state index in [1.165, 1.54) is 26.7 Å². The third-order valence-corrected chi connectivity index (χ3v) is 1.85. The molecule has 0 N–H and O–H groups in total. The third-order valence-electron chi connectivity index (χ3n) is 1.85. The van der Waals surface area contributed by atoms with Crippen molar-refractivity contribution in [3.63, 3.8) is 0 Å². The van der Waals surface area contributed by atoms with Crippen LogP contribution in [0, 0.1) is 37.1 Å². The topological polar surface area (TPSA) is 68.0 Å². The first kappa shape index (κ1) is 16.8. The first-order valence-corrected chi connectivity index (χ1v) is 5.57. The summed E-state index contributed by atoms with van der Waals surface area (Å²) >= 11 is 0. The maximum Gasteiger partial charge on any atom is 0.138 e. The lowest BCUT2D eigenvalue weighted by atomic mass is 10.1. The van der Waals surface area contributed by atoms with Crippen LogP contribution in [0.3, 0.4) is 0 Å². The molecule has 0 heterocycles. The molecule has 0 saturated carbocycles. The first-order valence-electron chi connectivity index (χ1n) is 5.57. The fourth-order valence-electron chi connectivity index (χ4n) is 1.34. The fraction of sp³-hybridized carbons (Fsp3) is 0.538. The predicted molar refractivity (Wildman–Crippen MR) is 64.2 cm³/mol. The predicted octanol–water partition coefficient (Wildman–Crippen LogP) is 2.06. The molecule has 0 fully saturated rings. The van der Waals surface area contributed by atoms with Crippen LogP contribution in [0.15, 0.2) is 0 Å². The molecule has 1 unspecified atom stereocenters. The van der Waals surface area contributed by atoms with Crippen molar-refractivity contribution in [1.82, 2.24) is 10.6 Å². The average molecular weight is 236 g/mol. The van der Waals surface area contributed by atoms with Gasteiger partial charge in [0, 0.05) is 25.4 Å². The molecular formula is C13H20N2O2. The van der Waals surface area contributed by atoms with Crippen molar-refractivity contribution in [2.45, 2.75) is 40.7 Å². The van der Waals surface area contributed by atoms with Gasteiger partial charge in [0.2, 0.25) is 0 Å². The molecule has 0 aromatic heterocycles. The Morgan fingerprint density at radius 2 is 1.47 bits per heavy atom. The molecular weight excluding hydrogens is 216 g/mol. The molecule has 17 heavy (non-hydrogen) atoms. The van der Waals surface area contributed by atoms with Crippen molar-refractivity contribution in [2.75, 3.05) is 6.54 Å². The molecule has 0 spiro atoms. The molecule has 0 aliphatic heterocycles. The summed E-state index contributed by atoms with van der Waals surface area (Å²) in [6.45, 7) is 8.99. The molecule has 4 heteroatoms. The van der Waals surface area contributed by atoms with Gasteiger partial charge < -0.3 is 0 Å². The van der Waals surface area contributed by atoms with Crippen molar-refractivity contribution in [2.24, 2.45) is 0 Å². The highest BCUT2D eigenvalue weighted by Crippen LogP contribution is 2.12. The minimum atomic E-state index is -0.0111. The van der Waals surface area contributed by atoms with E-state index in [4.69, 9.17) is 0 Å². The molecule has 0 aromatic carbocycles. The Morgan fingerprint density at radius 3 is 1.94 bits per heavy atom. The summed E-state index contributed by atoms with van der Waals surface area (Å²) < 4.78 is 0. The van der Waals surface area contributed by atoms with Gasteiger partial charge in [-0.15, -0.1) is 0 Å². The molecule has 0 bridgehead atoms. The quantitative estimate of drug-likeness (QED) is 0.588. The summed E-state index contributed by atoms with van der Waals surface area (Å²) in [6, 6.07) is 1.40. The fourth-order valence-corrected chi connectivity index (χ4v) is 1.34. The Labute approximate surface area is 106 Å². The van der Waals surface area contributed by atoms with Crippen molar-refractivity contribution < 1.29 is 10.2 Å². The van der Waals surface area contributed by atoms with Crippen LogP contribution in [0.5, 0.6) is 0 Å². The maximum atomic E-state index is 10.8. The number of hydrogen-bond donors (Lipinski definition) is 0. The highest BCUT2D eigenvalue weighted by molar-refractivity contribution is 5.10. The van der Waals surface area contributed by atoms with Crippen LogP contribution < -0.4 is 10.6 Å². The molecule has 0 aliphatic rings. The van der Waals surface area contributed by atoms with Crippen LogP contribution in [-0.2, 0) is 10.2 Å². The molecule has 0 aliphatic carbocycles. The van der Waals surface area contributed by atoms with E-state index in [2.05, 4.69) is 10.6 Å². The summed E-state index contributed by atoms with van der Waals surface area (Å²) in [7, 11) is 0. The third kappa shape index (κ3) is 10.7. The summed E-state index contributed by atoms with van der Waals surface area (Å²) in [5.74, 6) is 0. The Kier molecular flexibility index (Phi) is 8.78. The lowest BCUT2D eigenvalue weighted by Gasteiger charge is -2.18. The highest BCUT2D eigenvalue weighted by atomic mass is 16.3. The average Bonchev–Trinajstić information content (AvgIpc) is 2.12. The molecule has 1 atom stereocenters. The van der Waals surface area contributed by atoms with Crippen molar-refractivity contribution in [3.05, 3.63) is 37.1 Å². The van der Waals surface area contributed by atoms with Gasteiger partial charge in [-0.05, 0) is 34.6 Å². The Hall–Kier alpha value is -0.160. The van der Waals surface area contributed by atoms with Crippen molar-refractivity contribution >= 4 is 0 Å². The summed E-state index contributed by atoms with van der Waals surface area (Å²) in [5.41, 5.74) is 0. The van der Waals surface area contributed by atoms with Gasteiger partial charge in [0.1, 0.15) is 12.2 Å². The normalized spacial score (nSPS) is 14.3. The Balaban J connectivity index is 3.67. The minimum absolute atomic E-state index is 0.000841. The van der Waals surface area contributed by atoms with Crippen molar-refractivity contribution in [3.8, 4) is 0 Å². The molecule has 94 valence electrons. The van der Waals surface area contributed by atoms with E-state index in [0.717, 1.165) is 0 Å². The van der Waals surface area contributed by atoms with Gasteiger partial charge in [-0.3, -0.25) is 0 Å². The lowest BCUT2D eigenvalue weighted by molar-refractivity contribution is 0.225. The van der Waals surface area contributed by atoms with Crippen LogP contribution in [0.25, 0.3) is 0 Å². The molecule has 0 amide bonds. The second kappa shape index (κ2) is 8.86. The highest BCUT2D eigenvalue weighted by Gasteiger charge is 2.16. The van der Waals surface area contributed by atoms with E-state index in [9.17, 15) is 10.2 Å². The van der Waals surface area contributed by atoms with Crippen LogP contribution in [0.2, 0.25) is 0 Å². The van der Waals surface area contributed by atoms with Gasteiger partial charge in [0.15, 0.2) is 0 Å². The zero-order valence-corrected chi connectivity index (χ0v) is 11.2. The second-order valence-electron chi connectivity index (χ2n) is 4.11. The van der Waals surface area contributed by atoms with Gasteiger partial charge in [-0.1, -0.05) is 0 Å². The van der Waals surface area contributed by atoms with E-state index in [-0.39, 0.29) is 18.2 Å². The summed E-state index contributed by atoms with van der Waals surface area (Å²) in [5, 5.41) is 30.1. The molecule has 10 radical (unpaired) electrons. The van der Waals surface area contributed by atoms with E-state index >= 15 is 0 Å². The standard InChI is InChI=1S/C13H20N2O2/c1-9(6-12(4)16)14-8-11(3)15-10(2)7-13(5)17/h6-7,11H,8H2,1-5H3. The van der Waals surface area contributed by atoms with Gasteiger partial charge in [0.25, 0.3) is 0 Å². The smallest absolute Gasteiger partial charge is 0.138 e. The van der Waals surface area contributed by atoms with Gasteiger partial charge in [0.05, 0.1) is 12.1 Å². The Morgan fingerprint density at radius 1 is 1.00 bits per heavy atom. The maximum absolute atomic E-state index is 10.8. The summed E-state index contributed by atoms with van der Waals surface area (Å²) in [4.78, 5) is 0. The summed E-state index contributed by atoms with van der Waals surface area (Å²) in [6.07, 6.45) is 2.96. The van der Waals surface area contributed by atoms with Crippen molar-refractivity contribution in [1.29, 1.82) is 0 Å². The van der Waals surface area contributed by atoms with Crippen LogP contribution in [0.4, 0.5) is 0 Å². The number of rotatable bonds is 9. The van der Waals surface area contributed by atoms with Crippen LogP contribution in [0.1, 0.15) is 34.6 Å². The molecule has 0 aromatic rings. The van der Waals surface area contributed by atoms with E-state index in [0.29, 0.717) is 18.6 Å². The largest absolute Gasteiger partial charge is 0.231 e. The Bertz CT molecular complexity index is 186. The van der Waals surface area contributed by atoms with E-state index < -0.39 is 0 Å². The zero-order chi connectivity index (χ0) is 13.4. The minimum Gasteiger partial charge on any atom is -0.231 e. The van der Waals surface area contributed by atoms with Gasteiger partial charge >= 0.3 is 0 Å². The first-order chi connectivity index (χ1) is 7.81.